The lowest BCUT2D eigenvalue weighted by Crippen LogP contribution is -2.08. The summed E-state index contributed by atoms with van der Waals surface area (Å²) < 4.78 is 18.8. The average Bonchev–Trinajstić information content (AvgIpc) is 2.72. The first-order chi connectivity index (χ1) is 14.0. The number of benzene rings is 3. The van der Waals surface area contributed by atoms with Gasteiger partial charge in [-0.05, 0) is 99.6 Å². The van der Waals surface area contributed by atoms with Gasteiger partial charge in [-0.2, -0.15) is 0 Å². The number of aryl methyl sites for hydroxylation is 1. The highest BCUT2D eigenvalue weighted by Crippen LogP contribution is 2.36. The predicted molar refractivity (Wildman–Crippen MR) is 130 cm³/mol. The van der Waals surface area contributed by atoms with E-state index < -0.39 is 0 Å². The second-order valence-electron chi connectivity index (χ2n) is 6.30. The monoisotopic (exact) mass is 614 g/mol. The van der Waals surface area contributed by atoms with Gasteiger partial charge in [0.1, 0.15) is 17.2 Å². The van der Waals surface area contributed by atoms with E-state index in [1.54, 1.807) is 31.4 Å². The van der Waals surface area contributed by atoms with E-state index in [0.29, 0.717) is 11.3 Å². The van der Waals surface area contributed by atoms with Crippen LogP contribution in [0.4, 0.5) is 0 Å². The zero-order valence-corrected chi connectivity index (χ0v) is 20.4. The van der Waals surface area contributed by atoms with E-state index in [9.17, 15) is 4.79 Å². The molecule has 0 aliphatic carbocycles. The smallest absolute Gasteiger partial charge is 0.343 e. The van der Waals surface area contributed by atoms with Crippen LogP contribution in [0.3, 0.4) is 0 Å². The lowest BCUT2D eigenvalue weighted by molar-refractivity contribution is 0.0734. The molecule has 0 bridgehead atoms. The fraction of sp³-hybridized carbons (Fsp3) is 0.174. The van der Waals surface area contributed by atoms with Crippen LogP contribution in [0.25, 0.3) is 0 Å². The Morgan fingerprint density at radius 2 is 1.62 bits per heavy atom. The SMILES string of the molecule is CCCc1cc(Oc2c(I)cc(OC(=O)c3ccccc3)cc2I)ccc1OC. The normalized spacial score (nSPS) is 10.5. The molecule has 0 radical (unpaired) electrons. The van der Waals surface area contributed by atoms with Gasteiger partial charge in [-0.25, -0.2) is 4.79 Å². The van der Waals surface area contributed by atoms with E-state index in [0.717, 1.165) is 42.8 Å². The lowest BCUT2D eigenvalue weighted by atomic mass is 10.1. The van der Waals surface area contributed by atoms with Gasteiger partial charge in [0.05, 0.1) is 19.8 Å². The van der Waals surface area contributed by atoms with Gasteiger partial charge in [0.25, 0.3) is 0 Å². The molecule has 150 valence electrons. The van der Waals surface area contributed by atoms with Crippen molar-refractivity contribution in [1.29, 1.82) is 0 Å². The largest absolute Gasteiger partial charge is 0.496 e. The zero-order chi connectivity index (χ0) is 20.8. The summed E-state index contributed by atoms with van der Waals surface area (Å²) in [6.07, 6.45) is 1.94. The number of halogens is 2. The van der Waals surface area contributed by atoms with Gasteiger partial charge in [-0.1, -0.05) is 31.5 Å². The van der Waals surface area contributed by atoms with Crippen LogP contribution < -0.4 is 14.2 Å². The van der Waals surface area contributed by atoms with Gasteiger partial charge in [-0.15, -0.1) is 0 Å². The summed E-state index contributed by atoms with van der Waals surface area (Å²) in [7, 11) is 1.68. The Balaban J connectivity index is 1.81. The molecule has 0 aromatic heterocycles. The molecule has 0 saturated heterocycles. The first-order valence-corrected chi connectivity index (χ1v) is 11.3. The first kappa shape index (κ1) is 21.9. The minimum absolute atomic E-state index is 0.384. The van der Waals surface area contributed by atoms with E-state index in [2.05, 4.69) is 52.1 Å². The Morgan fingerprint density at radius 3 is 2.24 bits per heavy atom. The van der Waals surface area contributed by atoms with Crippen LogP contribution >= 0.6 is 45.2 Å². The molecule has 0 spiro atoms. The first-order valence-electron chi connectivity index (χ1n) is 9.13. The second-order valence-corrected chi connectivity index (χ2v) is 8.62. The van der Waals surface area contributed by atoms with Crippen LogP contribution in [0.15, 0.2) is 60.7 Å². The van der Waals surface area contributed by atoms with Crippen molar-refractivity contribution in [3.05, 3.63) is 78.9 Å². The maximum atomic E-state index is 12.3. The molecular formula is C23H20I2O4. The highest BCUT2D eigenvalue weighted by atomic mass is 127. The standard InChI is InChI=1S/C23H20I2O4/c1-3-7-16-12-17(10-11-21(16)27-2)28-22-19(24)13-18(14-20(22)25)29-23(26)15-8-5-4-6-9-15/h4-6,8-14H,3,7H2,1-2H3. The highest BCUT2D eigenvalue weighted by molar-refractivity contribution is 14.1. The molecule has 0 N–H and O–H groups in total. The minimum atomic E-state index is -0.384. The van der Waals surface area contributed by atoms with E-state index in [4.69, 9.17) is 14.2 Å². The van der Waals surface area contributed by atoms with Crippen molar-refractivity contribution < 1.29 is 19.0 Å². The number of methoxy groups -OCH3 is 1. The molecular weight excluding hydrogens is 594 g/mol. The van der Waals surface area contributed by atoms with Gasteiger partial charge in [-0.3, -0.25) is 0 Å². The molecule has 0 atom stereocenters. The molecule has 4 nitrogen and oxygen atoms in total. The molecule has 0 amide bonds. The fourth-order valence-electron chi connectivity index (χ4n) is 2.83. The zero-order valence-electron chi connectivity index (χ0n) is 16.1. The fourth-order valence-corrected chi connectivity index (χ4v) is 4.77. The van der Waals surface area contributed by atoms with E-state index >= 15 is 0 Å². The number of esters is 1. The van der Waals surface area contributed by atoms with E-state index in [1.807, 2.05) is 36.4 Å². The van der Waals surface area contributed by atoms with Crippen molar-refractivity contribution in [1.82, 2.24) is 0 Å². The summed E-state index contributed by atoms with van der Waals surface area (Å²) in [5.74, 6) is 2.45. The maximum absolute atomic E-state index is 12.3. The third-order valence-corrected chi connectivity index (χ3v) is 5.79. The van der Waals surface area contributed by atoms with Crippen LogP contribution in [0.2, 0.25) is 0 Å². The average molecular weight is 614 g/mol. The highest BCUT2D eigenvalue weighted by Gasteiger charge is 2.15. The van der Waals surface area contributed by atoms with Crippen LogP contribution in [0.1, 0.15) is 29.3 Å². The molecule has 0 aliphatic rings. The van der Waals surface area contributed by atoms with E-state index in [1.165, 1.54) is 0 Å². The van der Waals surface area contributed by atoms with Crippen molar-refractivity contribution in [2.24, 2.45) is 0 Å². The summed E-state index contributed by atoms with van der Waals surface area (Å²) in [6.45, 7) is 2.13. The predicted octanol–water partition coefficient (Wildman–Crippen LogP) is 6.87. The lowest BCUT2D eigenvalue weighted by Gasteiger charge is -2.14. The van der Waals surface area contributed by atoms with Crippen LogP contribution in [0, 0.1) is 7.14 Å². The maximum Gasteiger partial charge on any atom is 0.343 e. The third kappa shape index (κ3) is 5.63. The second kappa shape index (κ2) is 10.3. The molecule has 3 rings (SSSR count). The molecule has 0 unspecified atom stereocenters. The van der Waals surface area contributed by atoms with Crippen molar-refractivity contribution >= 4 is 51.2 Å². The van der Waals surface area contributed by atoms with Gasteiger partial charge < -0.3 is 14.2 Å². The van der Waals surface area contributed by atoms with Crippen molar-refractivity contribution in [3.63, 3.8) is 0 Å². The van der Waals surface area contributed by atoms with Crippen LogP contribution in [-0.4, -0.2) is 13.1 Å². The van der Waals surface area contributed by atoms with Crippen molar-refractivity contribution in [3.8, 4) is 23.0 Å². The van der Waals surface area contributed by atoms with Crippen molar-refractivity contribution in [2.45, 2.75) is 19.8 Å². The van der Waals surface area contributed by atoms with E-state index in [-0.39, 0.29) is 5.97 Å². The van der Waals surface area contributed by atoms with Gasteiger partial charge in [0, 0.05) is 0 Å². The summed E-state index contributed by atoms with van der Waals surface area (Å²) in [6, 6.07) is 18.4. The number of carbonyl (C=O) groups is 1. The number of rotatable bonds is 7. The molecule has 6 heteroatoms. The number of hydrogen-bond acceptors (Lipinski definition) is 4. The van der Waals surface area contributed by atoms with Crippen LogP contribution in [0.5, 0.6) is 23.0 Å². The summed E-state index contributed by atoms with van der Waals surface area (Å²) in [5, 5.41) is 0. The molecule has 0 aliphatic heterocycles. The third-order valence-electron chi connectivity index (χ3n) is 4.18. The Morgan fingerprint density at radius 1 is 0.931 bits per heavy atom. The number of carbonyl (C=O) groups excluding carboxylic acids is 1. The molecule has 29 heavy (non-hydrogen) atoms. The number of hydrogen-bond donors (Lipinski definition) is 0. The number of ether oxygens (including phenoxy) is 3. The molecule has 0 saturated carbocycles. The Labute approximate surface area is 197 Å². The Hall–Kier alpha value is -1.81. The summed E-state index contributed by atoms with van der Waals surface area (Å²) in [5.41, 5.74) is 1.63. The van der Waals surface area contributed by atoms with Gasteiger partial charge in [0.2, 0.25) is 0 Å². The Kier molecular flexibility index (Phi) is 7.77. The molecule has 3 aromatic carbocycles. The quantitative estimate of drug-likeness (QED) is 0.166. The molecule has 0 fully saturated rings. The van der Waals surface area contributed by atoms with Gasteiger partial charge in [0.15, 0.2) is 5.75 Å². The molecule has 3 aromatic rings. The Bertz CT molecular complexity index is 980. The van der Waals surface area contributed by atoms with Crippen molar-refractivity contribution in [2.75, 3.05) is 7.11 Å². The summed E-state index contributed by atoms with van der Waals surface area (Å²) >= 11 is 4.39. The minimum Gasteiger partial charge on any atom is -0.496 e. The van der Waals surface area contributed by atoms with Gasteiger partial charge >= 0.3 is 5.97 Å². The topological polar surface area (TPSA) is 44.8 Å². The summed E-state index contributed by atoms with van der Waals surface area (Å²) in [4.78, 5) is 12.3. The molecule has 0 heterocycles. The van der Waals surface area contributed by atoms with Crippen LogP contribution in [-0.2, 0) is 6.42 Å².